The third-order valence-electron chi connectivity index (χ3n) is 4.23. The van der Waals surface area contributed by atoms with Crippen LogP contribution in [0.2, 0.25) is 0 Å². The van der Waals surface area contributed by atoms with Crippen LogP contribution in [0.3, 0.4) is 0 Å². The number of pyridine rings is 3. The van der Waals surface area contributed by atoms with Gasteiger partial charge in [0.1, 0.15) is 0 Å². The van der Waals surface area contributed by atoms with E-state index in [1.54, 1.807) is 0 Å². The van der Waals surface area contributed by atoms with Crippen molar-refractivity contribution in [3.63, 3.8) is 0 Å². The molecule has 5 heterocycles. The van der Waals surface area contributed by atoms with E-state index in [-0.39, 0.29) is 48.0 Å². The van der Waals surface area contributed by atoms with Gasteiger partial charge in [-0.25, -0.2) is 9.97 Å². The third kappa shape index (κ3) is 3.09. The topological polar surface area (TPSA) is 51.0 Å². The summed E-state index contributed by atoms with van der Waals surface area (Å²) in [4.78, 5) is 11.4. The molecule has 0 unspecified atom stereocenters. The second-order valence-electron chi connectivity index (χ2n) is 5.67. The predicted octanol–water partition coefficient (Wildman–Crippen LogP) is -3.39. The standard InChI is InChI=1S/C19H13N5.2HI/c1-6-16(23-12-8-14-4-2-10-20-18(14)23)22-17(7-1)24-13-9-15-5-3-11-21-19(15)24;;/h1-13H;2*1H. The Labute approximate surface area is 184 Å². The number of hydrogen-bond acceptors (Lipinski definition) is 1. The van der Waals surface area contributed by atoms with E-state index in [0.29, 0.717) is 0 Å². The van der Waals surface area contributed by atoms with Crippen molar-refractivity contribution >= 4 is 22.1 Å². The van der Waals surface area contributed by atoms with E-state index in [2.05, 4.69) is 43.4 Å². The van der Waals surface area contributed by atoms with E-state index < -0.39 is 0 Å². The van der Waals surface area contributed by atoms with Crippen molar-refractivity contribution in [1.29, 1.82) is 0 Å². The molecule has 0 atom stereocenters. The number of rotatable bonds is 2. The normalized spacial score (nSPS) is 10.5. The lowest BCUT2D eigenvalue weighted by atomic mass is 10.3. The second-order valence-corrected chi connectivity index (χ2v) is 5.67. The van der Waals surface area contributed by atoms with E-state index in [4.69, 9.17) is 4.98 Å². The molecular formula is C19H15I2N5. The van der Waals surface area contributed by atoms with Crippen molar-refractivity contribution in [2.75, 3.05) is 0 Å². The summed E-state index contributed by atoms with van der Waals surface area (Å²) < 4.78 is 4.13. The fourth-order valence-corrected chi connectivity index (χ4v) is 3.09. The zero-order chi connectivity index (χ0) is 15.9. The first-order valence-corrected chi connectivity index (χ1v) is 7.83. The molecule has 0 aliphatic heterocycles. The van der Waals surface area contributed by atoms with Gasteiger partial charge in [-0.05, 0) is 36.4 Å². The number of halogens is 2. The molecule has 5 aromatic rings. The van der Waals surface area contributed by atoms with Crippen LogP contribution in [0.25, 0.3) is 33.7 Å². The Morgan fingerprint density at radius 1 is 0.615 bits per heavy atom. The summed E-state index contributed by atoms with van der Waals surface area (Å²) in [5.74, 6) is 1.76. The molecule has 0 saturated carbocycles. The smallest absolute Gasteiger partial charge is 0.292 e. The molecule has 5 nitrogen and oxygen atoms in total. The van der Waals surface area contributed by atoms with Crippen LogP contribution in [-0.4, -0.2) is 14.1 Å². The summed E-state index contributed by atoms with van der Waals surface area (Å²) in [6, 6.07) is 18.4. The summed E-state index contributed by atoms with van der Waals surface area (Å²) in [5, 5.41) is 2.31. The Kier molecular flexibility index (Phi) is 5.56. The maximum atomic E-state index is 4.84. The first-order valence-electron chi connectivity index (χ1n) is 7.83. The van der Waals surface area contributed by atoms with Gasteiger partial charge < -0.3 is 48.0 Å². The number of nitrogens with one attached hydrogen (secondary N) is 2. The van der Waals surface area contributed by atoms with Gasteiger partial charge in [0.05, 0.1) is 35.6 Å². The van der Waals surface area contributed by atoms with E-state index >= 15 is 0 Å². The highest BCUT2D eigenvalue weighted by molar-refractivity contribution is 5.75. The Balaban J connectivity index is 0.000000980. The number of nitrogens with zero attached hydrogens (tertiary/aromatic N) is 3. The molecular weight excluding hydrogens is 552 g/mol. The minimum atomic E-state index is 0. The van der Waals surface area contributed by atoms with Gasteiger partial charge in [0.15, 0.2) is 0 Å². The van der Waals surface area contributed by atoms with E-state index in [9.17, 15) is 0 Å². The van der Waals surface area contributed by atoms with Crippen LogP contribution in [-0.2, 0) is 0 Å². The van der Waals surface area contributed by atoms with Crippen LogP contribution < -0.4 is 57.9 Å². The minimum absolute atomic E-state index is 0. The number of aromatic nitrogens is 5. The Morgan fingerprint density at radius 3 is 1.62 bits per heavy atom. The molecule has 5 rings (SSSR count). The van der Waals surface area contributed by atoms with Crippen molar-refractivity contribution < 1.29 is 57.9 Å². The molecule has 2 N–H and O–H groups in total. The molecule has 0 spiro atoms. The Morgan fingerprint density at radius 2 is 1.12 bits per heavy atom. The zero-order valence-corrected chi connectivity index (χ0v) is 17.9. The van der Waals surface area contributed by atoms with Gasteiger partial charge in [0, 0.05) is 12.1 Å². The first-order chi connectivity index (χ1) is 11.9. The van der Waals surface area contributed by atoms with Gasteiger partial charge in [0.25, 0.3) is 11.3 Å². The lowest BCUT2D eigenvalue weighted by molar-refractivity contribution is -0.348. The second kappa shape index (κ2) is 7.70. The van der Waals surface area contributed by atoms with Crippen molar-refractivity contribution in [3.05, 3.63) is 79.4 Å². The highest BCUT2D eigenvalue weighted by Crippen LogP contribution is 2.18. The van der Waals surface area contributed by atoms with Crippen LogP contribution in [0.5, 0.6) is 0 Å². The molecule has 0 aromatic carbocycles. The molecule has 0 fully saturated rings. The molecule has 0 amide bonds. The molecule has 130 valence electrons. The molecule has 0 aliphatic rings. The van der Waals surface area contributed by atoms with Crippen LogP contribution in [0, 0.1) is 0 Å². The molecule has 0 radical (unpaired) electrons. The molecule has 0 saturated heterocycles. The number of H-pyrrole nitrogens is 2. The Hall–Kier alpha value is -2.01. The maximum absolute atomic E-state index is 4.84. The maximum Gasteiger partial charge on any atom is 0.292 e. The number of fused-ring (bicyclic) bond motifs is 2. The summed E-state index contributed by atoms with van der Waals surface area (Å²) in [7, 11) is 0. The van der Waals surface area contributed by atoms with Crippen LogP contribution in [0.1, 0.15) is 0 Å². The summed E-state index contributed by atoms with van der Waals surface area (Å²) in [5.41, 5.74) is 2.07. The number of aromatic amines is 2. The lowest BCUT2D eigenvalue weighted by Crippen LogP contribution is -3.00. The van der Waals surface area contributed by atoms with Crippen molar-refractivity contribution in [2.45, 2.75) is 0 Å². The van der Waals surface area contributed by atoms with Crippen LogP contribution in [0.4, 0.5) is 0 Å². The first kappa shape index (κ1) is 18.8. The monoisotopic (exact) mass is 567 g/mol. The molecule has 7 heteroatoms. The van der Waals surface area contributed by atoms with Crippen molar-refractivity contribution in [1.82, 2.24) is 14.1 Å². The lowest BCUT2D eigenvalue weighted by Gasteiger charge is -2.00. The fourth-order valence-electron chi connectivity index (χ4n) is 3.09. The molecule has 0 aliphatic carbocycles. The third-order valence-corrected chi connectivity index (χ3v) is 4.23. The highest BCUT2D eigenvalue weighted by Gasteiger charge is 2.16. The largest absolute Gasteiger partial charge is 1.00 e. The molecule has 0 bridgehead atoms. The average molecular weight is 567 g/mol. The molecule has 5 aromatic heterocycles. The quantitative estimate of drug-likeness (QED) is 0.206. The van der Waals surface area contributed by atoms with Crippen LogP contribution >= 0.6 is 0 Å². The minimum Gasteiger partial charge on any atom is -1.00 e. The molecule has 26 heavy (non-hydrogen) atoms. The van der Waals surface area contributed by atoms with Gasteiger partial charge in [0.2, 0.25) is 11.6 Å². The summed E-state index contributed by atoms with van der Waals surface area (Å²) in [6.45, 7) is 0. The fraction of sp³-hybridized carbons (Fsp3) is 0. The van der Waals surface area contributed by atoms with Crippen molar-refractivity contribution in [3.8, 4) is 11.6 Å². The average Bonchev–Trinajstić information content (AvgIpc) is 3.26. The SMILES string of the molecule is [I-].[I-].c1cc(-n2ccc3ccc[nH+]c32)nc(-n2ccc3ccc[nH+]c32)c1. The van der Waals surface area contributed by atoms with E-state index in [1.165, 1.54) is 0 Å². The van der Waals surface area contributed by atoms with Gasteiger partial charge in [-0.3, -0.25) is 0 Å². The van der Waals surface area contributed by atoms with E-state index in [0.717, 1.165) is 33.7 Å². The van der Waals surface area contributed by atoms with E-state index in [1.807, 2.05) is 55.1 Å². The van der Waals surface area contributed by atoms with Gasteiger partial charge in [-0.15, -0.1) is 0 Å². The van der Waals surface area contributed by atoms with Crippen molar-refractivity contribution in [2.24, 2.45) is 0 Å². The predicted molar refractivity (Wildman–Crippen MR) is 91.0 cm³/mol. The Bertz CT molecular complexity index is 1090. The zero-order valence-electron chi connectivity index (χ0n) is 13.6. The van der Waals surface area contributed by atoms with Crippen LogP contribution in [0.15, 0.2) is 79.4 Å². The number of hydrogen-bond donors (Lipinski definition) is 0. The summed E-state index contributed by atoms with van der Waals surface area (Å²) >= 11 is 0. The summed E-state index contributed by atoms with van der Waals surface area (Å²) in [6.07, 6.45) is 7.93. The van der Waals surface area contributed by atoms with Gasteiger partial charge >= 0.3 is 0 Å². The highest BCUT2D eigenvalue weighted by atomic mass is 127. The van der Waals surface area contributed by atoms with Gasteiger partial charge in [-0.1, -0.05) is 6.07 Å². The van der Waals surface area contributed by atoms with Gasteiger partial charge in [-0.2, -0.15) is 14.1 Å².